The van der Waals surface area contributed by atoms with Crippen molar-refractivity contribution < 1.29 is 19.4 Å². The summed E-state index contributed by atoms with van der Waals surface area (Å²) in [5.74, 6) is 0.0871. The van der Waals surface area contributed by atoms with Crippen molar-refractivity contribution in [2.24, 2.45) is 5.10 Å². The Balaban J connectivity index is 1.55. The molecule has 0 bridgehead atoms. The van der Waals surface area contributed by atoms with Crippen LogP contribution in [0.2, 0.25) is 10.0 Å². The zero-order valence-electron chi connectivity index (χ0n) is 20.6. The first kappa shape index (κ1) is 27.2. The fourth-order valence-corrected chi connectivity index (χ4v) is 4.33. The highest BCUT2D eigenvalue weighted by atomic mass is 35.5. The van der Waals surface area contributed by atoms with E-state index in [1.54, 1.807) is 66.7 Å². The second-order valence-corrected chi connectivity index (χ2v) is 9.10. The van der Waals surface area contributed by atoms with Gasteiger partial charge in [-0.1, -0.05) is 102 Å². The van der Waals surface area contributed by atoms with Crippen molar-refractivity contribution in [1.29, 1.82) is 0 Å². The van der Waals surface area contributed by atoms with E-state index in [-0.39, 0.29) is 6.61 Å². The van der Waals surface area contributed by atoms with Gasteiger partial charge in [0.25, 0.3) is 5.91 Å². The number of carbonyl (C=O) groups is 1. The summed E-state index contributed by atoms with van der Waals surface area (Å²) in [6, 6.07) is 28.1. The van der Waals surface area contributed by atoms with Crippen molar-refractivity contribution >= 4 is 35.3 Å². The normalized spacial score (nSPS) is 11.4. The minimum absolute atomic E-state index is 0.209. The first-order valence-electron chi connectivity index (χ1n) is 11.9. The molecule has 0 saturated heterocycles. The average Bonchev–Trinajstić information content (AvgIpc) is 2.94. The molecule has 6 nitrogen and oxygen atoms in total. The van der Waals surface area contributed by atoms with Crippen LogP contribution in [0.15, 0.2) is 102 Å². The first-order chi connectivity index (χ1) is 18.4. The summed E-state index contributed by atoms with van der Waals surface area (Å²) in [5, 5.41) is 16.5. The van der Waals surface area contributed by atoms with Crippen molar-refractivity contribution in [3.63, 3.8) is 0 Å². The molecular weight excluding hydrogens is 523 g/mol. The molecule has 0 aliphatic carbocycles. The number of rotatable bonds is 10. The van der Waals surface area contributed by atoms with Crippen molar-refractivity contribution in [1.82, 2.24) is 5.43 Å². The van der Waals surface area contributed by atoms with E-state index >= 15 is 0 Å². The number of hydrazone groups is 1. The number of amides is 1. The van der Waals surface area contributed by atoms with E-state index in [0.29, 0.717) is 44.8 Å². The SMILES string of the molecule is CCOc1cc(/C=N\NC(=O)C(O)(c2ccccc2)c2ccccc2)cc(Cl)c1OCc1ccccc1Cl. The Hall–Kier alpha value is -3.84. The first-order valence-corrected chi connectivity index (χ1v) is 12.7. The van der Waals surface area contributed by atoms with Gasteiger partial charge in [0.1, 0.15) is 6.61 Å². The topological polar surface area (TPSA) is 80.2 Å². The lowest BCUT2D eigenvalue weighted by Crippen LogP contribution is -2.43. The minimum Gasteiger partial charge on any atom is -0.490 e. The highest BCUT2D eigenvalue weighted by Gasteiger charge is 2.39. The summed E-state index contributed by atoms with van der Waals surface area (Å²) >= 11 is 12.8. The van der Waals surface area contributed by atoms with Gasteiger partial charge in [0.15, 0.2) is 17.1 Å². The van der Waals surface area contributed by atoms with Gasteiger partial charge in [-0.25, -0.2) is 5.43 Å². The summed E-state index contributed by atoms with van der Waals surface area (Å²) < 4.78 is 11.7. The van der Waals surface area contributed by atoms with Crippen LogP contribution in [0.4, 0.5) is 0 Å². The van der Waals surface area contributed by atoms with Crippen LogP contribution < -0.4 is 14.9 Å². The third-order valence-corrected chi connectivity index (χ3v) is 6.40. The number of ether oxygens (including phenoxy) is 2. The lowest BCUT2D eigenvalue weighted by molar-refractivity contribution is -0.136. The number of hydrogen-bond acceptors (Lipinski definition) is 5. The van der Waals surface area contributed by atoms with Gasteiger partial charge < -0.3 is 14.6 Å². The third kappa shape index (κ3) is 6.17. The van der Waals surface area contributed by atoms with E-state index in [0.717, 1.165) is 5.56 Å². The highest BCUT2D eigenvalue weighted by molar-refractivity contribution is 6.32. The zero-order chi connectivity index (χ0) is 27.0. The van der Waals surface area contributed by atoms with Crippen LogP contribution in [0.5, 0.6) is 11.5 Å². The van der Waals surface area contributed by atoms with Crippen molar-refractivity contribution in [3.8, 4) is 11.5 Å². The maximum atomic E-state index is 13.2. The zero-order valence-corrected chi connectivity index (χ0v) is 22.1. The Bertz CT molecular complexity index is 1370. The largest absolute Gasteiger partial charge is 0.490 e. The Morgan fingerprint density at radius 2 is 1.50 bits per heavy atom. The van der Waals surface area contributed by atoms with E-state index in [1.807, 2.05) is 37.3 Å². The number of aliphatic hydroxyl groups is 1. The highest BCUT2D eigenvalue weighted by Crippen LogP contribution is 2.37. The van der Waals surface area contributed by atoms with Gasteiger partial charge >= 0.3 is 0 Å². The maximum Gasteiger partial charge on any atom is 0.281 e. The van der Waals surface area contributed by atoms with Crippen LogP contribution in [0.1, 0.15) is 29.2 Å². The van der Waals surface area contributed by atoms with Crippen LogP contribution in [0, 0.1) is 0 Å². The number of halogens is 2. The Kier molecular flexibility index (Phi) is 9.02. The molecule has 8 heteroatoms. The quantitative estimate of drug-likeness (QED) is 0.178. The van der Waals surface area contributed by atoms with Crippen LogP contribution in [0.3, 0.4) is 0 Å². The lowest BCUT2D eigenvalue weighted by atomic mass is 9.85. The summed E-state index contributed by atoms with van der Waals surface area (Å²) in [5.41, 5.74) is 2.72. The van der Waals surface area contributed by atoms with E-state index in [2.05, 4.69) is 10.5 Å². The predicted molar refractivity (Wildman–Crippen MR) is 150 cm³/mol. The monoisotopic (exact) mass is 548 g/mol. The van der Waals surface area contributed by atoms with Gasteiger partial charge in [0.05, 0.1) is 17.8 Å². The molecule has 0 fully saturated rings. The summed E-state index contributed by atoms with van der Waals surface area (Å²) in [6.07, 6.45) is 1.42. The van der Waals surface area contributed by atoms with Crippen LogP contribution >= 0.6 is 23.2 Å². The van der Waals surface area contributed by atoms with E-state index in [1.165, 1.54) is 6.21 Å². The number of hydrogen-bond donors (Lipinski definition) is 2. The van der Waals surface area contributed by atoms with Crippen LogP contribution in [-0.2, 0) is 17.0 Å². The molecule has 4 aromatic rings. The Morgan fingerprint density at radius 1 is 0.895 bits per heavy atom. The number of benzene rings is 4. The van der Waals surface area contributed by atoms with E-state index < -0.39 is 11.5 Å². The smallest absolute Gasteiger partial charge is 0.281 e. The molecule has 0 unspecified atom stereocenters. The molecule has 4 aromatic carbocycles. The molecule has 4 rings (SSSR count). The maximum absolute atomic E-state index is 13.2. The van der Waals surface area contributed by atoms with Gasteiger partial charge in [-0.2, -0.15) is 5.10 Å². The van der Waals surface area contributed by atoms with Gasteiger partial charge in [0, 0.05) is 10.6 Å². The van der Waals surface area contributed by atoms with Gasteiger partial charge in [-0.3, -0.25) is 4.79 Å². The number of carbonyl (C=O) groups excluding carboxylic acids is 1. The lowest BCUT2D eigenvalue weighted by Gasteiger charge is -2.27. The fraction of sp³-hybridized carbons (Fsp3) is 0.133. The predicted octanol–water partition coefficient (Wildman–Crippen LogP) is 6.36. The fourth-order valence-electron chi connectivity index (χ4n) is 3.86. The molecule has 0 aliphatic heterocycles. The molecule has 0 aliphatic rings. The molecule has 0 atom stereocenters. The second kappa shape index (κ2) is 12.6. The molecule has 194 valence electrons. The molecule has 0 radical (unpaired) electrons. The van der Waals surface area contributed by atoms with Gasteiger partial charge in [-0.15, -0.1) is 0 Å². The summed E-state index contributed by atoms with van der Waals surface area (Å²) in [4.78, 5) is 13.2. The molecule has 0 saturated carbocycles. The van der Waals surface area contributed by atoms with Crippen LogP contribution in [0.25, 0.3) is 0 Å². The summed E-state index contributed by atoms with van der Waals surface area (Å²) in [7, 11) is 0. The third-order valence-electron chi connectivity index (χ3n) is 5.75. The molecule has 0 heterocycles. The molecule has 2 N–H and O–H groups in total. The second-order valence-electron chi connectivity index (χ2n) is 8.28. The minimum atomic E-state index is -1.94. The van der Waals surface area contributed by atoms with Crippen molar-refractivity contribution in [2.75, 3.05) is 6.61 Å². The van der Waals surface area contributed by atoms with Gasteiger partial charge in [0.2, 0.25) is 0 Å². The van der Waals surface area contributed by atoms with Crippen LogP contribution in [-0.4, -0.2) is 23.8 Å². The number of nitrogens with zero attached hydrogens (tertiary/aromatic N) is 1. The molecule has 0 aromatic heterocycles. The average molecular weight is 549 g/mol. The van der Waals surface area contributed by atoms with Crippen molar-refractivity contribution in [3.05, 3.63) is 129 Å². The molecule has 1 amide bonds. The van der Waals surface area contributed by atoms with Crippen molar-refractivity contribution in [2.45, 2.75) is 19.1 Å². The van der Waals surface area contributed by atoms with E-state index in [9.17, 15) is 9.90 Å². The molecule has 0 spiro atoms. The Morgan fingerprint density at radius 3 is 2.11 bits per heavy atom. The van der Waals surface area contributed by atoms with Gasteiger partial charge in [-0.05, 0) is 41.8 Å². The standard InChI is InChI=1S/C30H26Cl2N2O4/c1-2-37-27-18-21(17-26(32)28(27)38-20-22-11-9-10-16-25(22)31)19-33-34-29(35)30(36,23-12-5-3-6-13-23)24-14-7-4-8-15-24/h3-19,36H,2,20H2,1H3,(H,34,35)/b33-19-. The van der Waals surface area contributed by atoms with E-state index in [4.69, 9.17) is 32.7 Å². The number of nitrogens with one attached hydrogen (secondary N) is 1. The molecule has 38 heavy (non-hydrogen) atoms. The summed E-state index contributed by atoms with van der Waals surface area (Å²) in [6.45, 7) is 2.44. The Labute approximate surface area is 231 Å². The molecular formula is C30H26Cl2N2O4.